The number of aliphatic hydroxyl groups is 1. The van der Waals surface area contributed by atoms with Gasteiger partial charge in [0.15, 0.2) is 23.1 Å². The van der Waals surface area contributed by atoms with Gasteiger partial charge in [0.2, 0.25) is 0 Å². The van der Waals surface area contributed by atoms with Crippen molar-refractivity contribution in [3.05, 3.63) is 52.2 Å². The molecule has 32 heavy (non-hydrogen) atoms. The van der Waals surface area contributed by atoms with Gasteiger partial charge in [0, 0.05) is 42.4 Å². The molecule has 0 spiro atoms. The summed E-state index contributed by atoms with van der Waals surface area (Å²) in [6, 6.07) is 4.60. The quantitative estimate of drug-likeness (QED) is 0.553. The molecule has 0 saturated heterocycles. The summed E-state index contributed by atoms with van der Waals surface area (Å²) < 4.78 is 20.9. The van der Waals surface area contributed by atoms with Gasteiger partial charge in [-0.15, -0.1) is 0 Å². The Morgan fingerprint density at radius 2 is 1.47 bits per heavy atom. The molecule has 4 rings (SSSR count). The Kier molecular flexibility index (Phi) is 5.81. The molecule has 1 aliphatic heterocycles. The maximum absolute atomic E-state index is 14.9. The van der Waals surface area contributed by atoms with E-state index in [1.807, 2.05) is 13.8 Å². The fourth-order valence-electron chi connectivity index (χ4n) is 5.88. The first-order valence-corrected chi connectivity index (χ1v) is 11.9. The average molecular weight is 441 g/mol. The zero-order chi connectivity index (χ0) is 23.3. The standard InChI is InChI=1S/C27H33FO4/c1-5-26(6-2)12-18(29)23(19(30)13-26)22-16-10-9-11-17(28)25(16)32-21-15-27(7-3,8-4)14-20(31)24(21)22/h9-11,22,29H,5-8,12-15H2,1-4H3. The van der Waals surface area contributed by atoms with E-state index in [0.717, 1.165) is 25.7 Å². The number of benzene rings is 1. The summed E-state index contributed by atoms with van der Waals surface area (Å²) in [5.41, 5.74) is 0.632. The SMILES string of the molecule is CCC1(CC)CC(=O)C(C2C3=C(CC(CC)(CC)CC3=O)Oc3c(F)cccc32)=C(O)C1. The molecular formula is C27H33FO4. The van der Waals surface area contributed by atoms with Crippen LogP contribution >= 0.6 is 0 Å². The lowest BCUT2D eigenvalue weighted by atomic mass is 9.63. The number of carbonyl (C=O) groups is 2. The van der Waals surface area contributed by atoms with Gasteiger partial charge in [0.05, 0.1) is 5.92 Å². The highest BCUT2D eigenvalue weighted by Crippen LogP contribution is 2.55. The number of hydrogen-bond acceptors (Lipinski definition) is 4. The number of hydrogen-bond donors (Lipinski definition) is 1. The topological polar surface area (TPSA) is 63.6 Å². The van der Waals surface area contributed by atoms with Crippen molar-refractivity contribution in [3.63, 3.8) is 0 Å². The second-order valence-corrected chi connectivity index (χ2v) is 9.86. The second kappa shape index (κ2) is 8.17. The first kappa shape index (κ1) is 22.8. The van der Waals surface area contributed by atoms with Gasteiger partial charge < -0.3 is 9.84 Å². The Morgan fingerprint density at radius 3 is 2.03 bits per heavy atom. The van der Waals surface area contributed by atoms with Crippen LogP contribution in [0.15, 0.2) is 40.9 Å². The van der Waals surface area contributed by atoms with Gasteiger partial charge in [0.25, 0.3) is 0 Å². The Morgan fingerprint density at radius 1 is 0.906 bits per heavy atom. The molecule has 2 aliphatic carbocycles. The molecule has 172 valence electrons. The lowest BCUT2D eigenvalue weighted by molar-refractivity contribution is -0.120. The zero-order valence-electron chi connectivity index (χ0n) is 19.5. The van der Waals surface area contributed by atoms with Crippen molar-refractivity contribution in [3.8, 4) is 5.75 Å². The smallest absolute Gasteiger partial charge is 0.166 e. The van der Waals surface area contributed by atoms with E-state index in [9.17, 15) is 19.1 Å². The first-order chi connectivity index (χ1) is 15.2. The van der Waals surface area contributed by atoms with Gasteiger partial charge in [-0.25, -0.2) is 4.39 Å². The number of rotatable bonds is 5. The molecule has 3 aliphatic rings. The normalized spacial score (nSPS) is 24.2. The summed E-state index contributed by atoms with van der Waals surface area (Å²) in [5.74, 6) is -0.938. The predicted octanol–water partition coefficient (Wildman–Crippen LogP) is 6.71. The Labute approximate surface area is 189 Å². The van der Waals surface area contributed by atoms with Crippen LogP contribution in [0, 0.1) is 16.6 Å². The van der Waals surface area contributed by atoms with E-state index in [1.54, 1.807) is 12.1 Å². The van der Waals surface area contributed by atoms with Gasteiger partial charge in [-0.3, -0.25) is 9.59 Å². The Balaban J connectivity index is 1.92. The monoisotopic (exact) mass is 440 g/mol. The van der Waals surface area contributed by atoms with Crippen LogP contribution in [-0.4, -0.2) is 16.7 Å². The van der Waals surface area contributed by atoms with Crippen molar-refractivity contribution in [2.45, 2.75) is 85.0 Å². The van der Waals surface area contributed by atoms with E-state index in [2.05, 4.69) is 13.8 Å². The van der Waals surface area contributed by atoms with Crippen LogP contribution in [-0.2, 0) is 9.59 Å². The molecule has 0 bridgehead atoms. The molecule has 1 N–H and O–H groups in total. The van der Waals surface area contributed by atoms with Crippen molar-refractivity contribution < 1.29 is 23.8 Å². The van der Waals surface area contributed by atoms with E-state index in [1.165, 1.54) is 6.07 Å². The lowest BCUT2D eigenvalue weighted by Gasteiger charge is -2.43. The van der Waals surface area contributed by atoms with Gasteiger partial charge in [-0.05, 0) is 42.6 Å². The molecule has 5 heteroatoms. The number of allylic oxidation sites excluding steroid dienone is 4. The summed E-state index contributed by atoms with van der Waals surface area (Å²) in [7, 11) is 0. The summed E-state index contributed by atoms with van der Waals surface area (Å²) in [6.45, 7) is 8.19. The number of fused-ring (bicyclic) bond motifs is 1. The first-order valence-electron chi connectivity index (χ1n) is 11.9. The number of Topliss-reactive ketones (excluding diaryl/α,β-unsaturated/α-hetero) is 2. The summed E-state index contributed by atoms with van der Waals surface area (Å²) >= 11 is 0. The van der Waals surface area contributed by atoms with E-state index in [-0.39, 0.29) is 39.5 Å². The van der Waals surface area contributed by atoms with Crippen molar-refractivity contribution in [1.29, 1.82) is 0 Å². The van der Waals surface area contributed by atoms with Crippen LogP contribution in [0.4, 0.5) is 4.39 Å². The van der Waals surface area contributed by atoms with Gasteiger partial charge in [-0.1, -0.05) is 39.8 Å². The zero-order valence-corrected chi connectivity index (χ0v) is 19.5. The average Bonchev–Trinajstić information content (AvgIpc) is 2.78. The molecule has 1 aromatic rings. The molecule has 1 atom stereocenters. The van der Waals surface area contributed by atoms with Crippen LogP contribution in [0.1, 0.15) is 90.5 Å². The maximum atomic E-state index is 14.9. The second-order valence-electron chi connectivity index (χ2n) is 9.86. The third-order valence-corrected chi connectivity index (χ3v) is 8.47. The van der Waals surface area contributed by atoms with Crippen molar-refractivity contribution >= 4 is 11.6 Å². The molecule has 0 amide bonds. The number of carbonyl (C=O) groups excluding carboxylic acids is 2. The van der Waals surface area contributed by atoms with E-state index in [0.29, 0.717) is 42.6 Å². The minimum absolute atomic E-state index is 0.0366. The lowest BCUT2D eigenvalue weighted by Crippen LogP contribution is -2.38. The molecule has 1 unspecified atom stereocenters. The number of ether oxygens (including phenoxy) is 1. The third-order valence-electron chi connectivity index (χ3n) is 8.47. The number of para-hydroxylation sites is 1. The van der Waals surface area contributed by atoms with E-state index in [4.69, 9.17) is 4.74 Å². The Hall–Kier alpha value is -2.43. The molecule has 1 aromatic carbocycles. The number of aliphatic hydroxyl groups excluding tert-OH is 1. The minimum atomic E-state index is -0.775. The van der Waals surface area contributed by atoms with E-state index >= 15 is 0 Å². The van der Waals surface area contributed by atoms with Crippen LogP contribution in [0.5, 0.6) is 5.75 Å². The predicted molar refractivity (Wildman–Crippen MR) is 121 cm³/mol. The van der Waals surface area contributed by atoms with Crippen LogP contribution < -0.4 is 4.74 Å². The highest BCUT2D eigenvalue weighted by atomic mass is 19.1. The van der Waals surface area contributed by atoms with Crippen molar-refractivity contribution in [1.82, 2.24) is 0 Å². The van der Waals surface area contributed by atoms with Gasteiger partial charge in [0.1, 0.15) is 11.5 Å². The summed E-state index contributed by atoms with van der Waals surface area (Å²) in [6.07, 6.45) is 4.82. The summed E-state index contributed by atoms with van der Waals surface area (Å²) in [5, 5.41) is 11.1. The number of halogens is 1. The minimum Gasteiger partial charge on any atom is -0.512 e. The molecule has 0 fully saturated rings. The fraction of sp³-hybridized carbons (Fsp3) is 0.556. The Bertz CT molecular complexity index is 1020. The highest BCUT2D eigenvalue weighted by molar-refractivity contribution is 6.06. The van der Waals surface area contributed by atoms with E-state index < -0.39 is 11.7 Å². The number of ketones is 2. The van der Waals surface area contributed by atoms with Crippen molar-refractivity contribution in [2.24, 2.45) is 10.8 Å². The highest BCUT2D eigenvalue weighted by Gasteiger charge is 2.49. The van der Waals surface area contributed by atoms with Crippen LogP contribution in [0.25, 0.3) is 0 Å². The fourth-order valence-corrected chi connectivity index (χ4v) is 5.88. The third kappa shape index (κ3) is 3.41. The van der Waals surface area contributed by atoms with Crippen molar-refractivity contribution in [2.75, 3.05) is 0 Å². The molecule has 0 aromatic heterocycles. The van der Waals surface area contributed by atoms with Gasteiger partial charge >= 0.3 is 0 Å². The maximum Gasteiger partial charge on any atom is 0.166 e. The molecular weight excluding hydrogens is 407 g/mol. The molecule has 0 radical (unpaired) electrons. The van der Waals surface area contributed by atoms with Crippen LogP contribution in [0.3, 0.4) is 0 Å². The van der Waals surface area contributed by atoms with Crippen LogP contribution in [0.2, 0.25) is 0 Å². The molecule has 0 saturated carbocycles. The molecule has 1 heterocycles. The summed E-state index contributed by atoms with van der Waals surface area (Å²) in [4.78, 5) is 27.0. The largest absolute Gasteiger partial charge is 0.512 e. The molecule has 4 nitrogen and oxygen atoms in total. The van der Waals surface area contributed by atoms with Gasteiger partial charge in [-0.2, -0.15) is 0 Å².